The van der Waals surface area contributed by atoms with Gasteiger partial charge in [0, 0.05) is 17.8 Å². The van der Waals surface area contributed by atoms with Crippen molar-refractivity contribution >= 4 is 22.5 Å². The van der Waals surface area contributed by atoms with Gasteiger partial charge >= 0.3 is 0 Å². The fourth-order valence-electron chi connectivity index (χ4n) is 3.22. The number of para-hydroxylation sites is 1. The number of nitrogens with zero attached hydrogens (tertiary/aromatic N) is 2. The fourth-order valence-corrected chi connectivity index (χ4v) is 3.22. The number of aryl methyl sites for hydroxylation is 1. The number of aromatic nitrogens is 2. The largest absolute Gasteiger partial charge is 0.490 e. The molecule has 7 heteroatoms. The van der Waals surface area contributed by atoms with Gasteiger partial charge in [0.1, 0.15) is 17.0 Å². The summed E-state index contributed by atoms with van der Waals surface area (Å²) >= 11 is 0. The van der Waals surface area contributed by atoms with Crippen LogP contribution < -0.4 is 15.6 Å². The summed E-state index contributed by atoms with van der Waals surface area (Å²) in [6.07, 6.45) is 2.97. The maximum atomic E-state index is 12.7. The molecular weight excluding hydrogens is 370 g/mol. The number of rotatable bonds is 5. The molecule has 1 unspecified atom stereocenters. The van der Waals surface area contributed by atoms with Crippen molar-refractivity contribution in [1.82, 2.24) is 14.7 Å². The zero-order valence-electron chi connectivity index (χ0n) is 16.4. The van der Waals surface area contributed by atoms with Crippen molar-refractivity contribution in [3.63, 3.8) is 0 Å². The van der Waals surface area contributed by atoms with Crippen LogP contribution in [0.4, 0.5) is 0 Å². The van der Waals surface area contributed by atoms with Crippen LogP contribution in [-0.4, -0.2) is 21.9 Å². The number of furan rings is 1. The van der Waals surface area contributed by atoms with E-state index in [1.54, 1.807) is 19.2 Å². The molecule has 4 aromatic rings. The van der Waals surface area contributed by atoms with Crippen molar-refractivity contribution < 1.29 is 13.9 Å². The van der Waals surface area contributed by atoms with Crippen LogP contribution >= 0.6 is 0 Å². The van der Waals surface area contributed by atoms with E-state index < -0.39 is 17.5 Å². The summed E-state index contributed by atoms with van der Waals surface area (Å²) in [6, 6.07) is 10.7. The van der Waals surface area contributed by atoms with Gasteiger partial charge in [0.15, 0.2) is 11.3 Å². The predicted molar refractivity (Wildman–Crippen MR) is 109 cm³/mol. The van der Waals surface area contributed by atoms with Gasteiger partial charge in [0.2, 0.25) is 0 Å². The van der Waals surface area contributed by atoms with E-state index in [1.807, 2.05) is 44.2 Å². The molecule has 29 heavy (non-hydrogen) atoms. The summed E-state index contributed by atoms with van der Waals surface area (Å²) in [6.45, 7) is 6.11. The molecule has 0 bridgehead atoms. The molecule has 4 rings (SSSR count). The lowest BCUT2D eigenvalue weighted by molar-refractivity contribution is 0.0933. The lowest BCUT2D eigenvalue weighted by atomic mass is 10.2. The van der Waals surface area contributed by atoms with E-state index >= 15 is 0 Å². The molecule has 1 atom stereocenters. The van der Waals surface area contributed by atoms with Crippen LogP contribution in [0.3, 0.4) is 0 Å². The number of carbonyl (C=O) groups is 1. The molecule has 0 spiro atoms. The van der Waals surface area contributed by atoms with Gasteiger partial charge in [-0.15, -0.1) is 0 Å². The van der Waals surface area contributed by atoms with Gasteiger partial charge < -0.3 is 14.5 Å². The van der Waals surface area contributed by atoms with E-state index in [-0.39, 0.29) is 5.56 Å². The third kappa shape index (κ3) is 3.47. The normalized spacial score (nSPS) is 12.2. The molecule has 0 saturated heterocycles. The van der Waals surface area contributed by atoms with Gasteiger partial charge in [-0.3, -0.25) is 14.0 Å². The molecule has 3 aromatic heterocycles. The summed E-state index contributed by atoms with van der Waals surface area (Å²) < 4.78 is 12.9. The Morgan fingerprint density at radius 1 is 1.31 bits per heavy atom. The minimum atomic E-state index is -0.503. The lowest BCUT2D eigenvalue weighted by Gasteiger charge is -2.11. The lowest BCUT2D eigenvalue weighted by Crippen LogP contribution is -2.33. The smallest absolute Gasteiger partial charge is 0.270 e. The Labute approximate surface area is 166 Å². The standard InChI is InChI=1S/C22H21N3O4/c1-4-28-17-7-5-6-15-10-18(29-20(15)17)14(3)24-21(26)16-11-23-19-9-8-13(2)12-25(19)22(16)27/h5-12,14H,4H2,1-3H3,(H,24,26). The minimum Gasteiger partial charge on any atom is -0.490 e. The first-order valence-electron chi connectivity index (χ1n) is 9.42. The van der Waals surface area contributed by atoms with Crippen LogP contribution in [0, 0.1) is 6.92 Å². The maximum absolute atomic E-state index is 12.7. The van der Waals surface area contributed by atoms with Gasteiger partial charge in [0.25, 0.3) is 11.5 Å². The van der Waals surface area contributed by atoms with Crippen molar-refractivity contribution in [2.45, 2.75) is 26.8 Å². The number of amides is 1. The Morgan fingerprint density at radius 2 is 2.14 bits per heavy atom. The van der Waals surface area contributed by atoms with E-state index in [0.29, 0.717) is 29.3 Å². The highest BCUT2D eigenvalue weighted by atomic mass is 16.5. The van der Waals surface area contributed by atoms with Gasteiger partial charge in [-0.05, 0) is 44.5 Å². The number of benzene rings is 1. The molecule has 3 heterocycles. The average Bonchev–Trinajstić information content (AvgIpc) is 3.14. The first-order chi connectivity index (χ1) is 14.0. The molecule has 0 aliphatic carbocycles. The third-order valence-electron chi connectivity index (χ3n) is 4.70. The average molecular weight is 391 g/mol. The second-order valence-corrected chi connectivity index (χ2v) is 6.86. The molecule has 1 N–H and O–H groups in total. The van der Waals surface area contributed by atoms with E-state index in [9.17, 15) is 9.59 Å². The maximum Gasteiger partial charge on any atom is 0.270 e. The molecular formula is C22H21N3O4. The van der Waals surface area contributed by atoms with Crippen LogP contribution in [0.15, 0.2) is 58.0 Å². The monoisotopic (exact) mass is 391 g/mol. The fraction of sp³-hybridized carbons (Fsp3) is 0.227. The van der Waals surface area contributed by atoms with Crippen molar-refractivity contribution in [2.75, 3.05) is 6.61 Å². The molecule has 1 amide bonds. The molecule has 7 nitrogen and oxygen atoms in total. The zero-order valence-corrected chi connectivity index (χ0v) is 16.4. The van der Waals surface area contributed by atoms with Crippen molar-refractivity contribution in [1.29, 1.82) is 0 Å². The summed E-state index contributed by atoms with van der Waals surface area (Å²) in [5.74, 6) is 0.726. The molecule has 1 aromatic carbocycles. The van der Waals surface area contributed by atoms with Crippen LogP contribution in [0.25, 0.3) is 16.6 Å². The number of fused-ring (bicyclic) bond motifs is 2. The van der Waals surface area contributed by atoms with Crippen LogP contribution in [0.2, 0.25) is 0 Å². The van der Waals surface area contributed by atoms with E-state index in [4.69, 9.17) is 9.15 Å². The zero-order chi connectivity index (χ0) is 20.5. The second kappa shape index (κ2) is 7.43. The van der Waals surface area contributed by atoms with E-state index in [1.165, 1.54) is 10.6 Å². The SMILES string of the molecule is CCOc1cccc2cc(C(C)NC(=O)c3cnc4ccc(C)cn4c3=O)oc12. The van der Waals surface area contributed by atoms with Gasteiger partial charge in [0.05, 0.1) is 12.6 Å². The highest BCUT2D eigenvalue weighted by Gasteiger charge is 2.19. The Hall–Kier alpha value is -3.61. The Bertz CT molecular complexity index is 1270. The van der Waals surface area contributed by atoms with Crippen LogP contribution in [-0.2, 0) is 0 Å². The third-order valence-corrected chi connectivity index (χ3v) is 4.70. The first-order valence-corrected chi connectivity index (χ1v) is 9.42. The summed E-state index contributed by atoms with van der Waals surface area (Å²) in [5.41, 5.74) is 1.59. The number of ether oxygens (including phenoxy) is 1. The van der Waals surface area contributed by atoms with E-state index in [0.717, 1.165) is 10.9 Å². The first kappa shape index (κ1) is 18.7. The van der Waals surface area contributed by atoms with Gasteiger partial charge in [-0.25, -0.2) is 4.98 Å². The Balaban J connectivity index is 1.62. The van der Waals surface area contributed by atoms with Crippen molar-refractivity contribution in [2.24, 2.45) is 0 Å². The van der Waals surface area contributed by atoms with Crippen LogP contribution in [0.5, 0.6) is 5.75 Å². The molecule has 148 valence electrons. The Morgan fingerprint density at radius 3 is 2.93 bits per heavy atom. The topological polar surface area (TPSA) is 85.8 Å². The quantitative estimate of drug-likeness (QED) is 0.561. The number of carbonyl (C=O) groups excluding carboxylic acids is 1. The van der Waals surface area contributed by atoms with Crippen molar-refractivity contribution in [3.8, 4) is 5.75 Å². The highest BCUT2D eigenvalue weighted by molar-refractivity contribution is 5.94. The summed E-state index contributed by atoms with van der Waals surface area (Å²) in [7, 11) is 0. The number of nitrogens with one attached hydrogen (secondary N) is 1. The Kier molecular flexibility index (Phi) is 4.80. The van der Waals surface area contributed by atoms with Gasteiger partial charge in [-0.2, -0.15) is 0 Å². The predicted octanol–water partition coefficient (Wildman–Crippen LogP) is 3.64. The second-order valence-electron chi connectivity index (χ2n) is 6.86. The van der Waals surface area contributed by atoms with E-state index in [2.05, 4.69) is 10.3 Å². The molecule has 0 aliphatic heterocycles. The number of pyridine rings is 1. The molecule has 0 aliphatic rings. The van der Waals surface area contributed by atoms with Gasteiger partial charge in [-0.1, -0.05) is 18.2 Å². The summed E-state index contributed by atoms with van der Waals surface area (Å²) in [4.78, 5) is 29.7. The number of hydrogen-bond acceptors (Lipinski definition) is 5. The highest BCUT2D eigenvalue weighted by Crippen LogP contribution is 2.31. The number of hydrogen-bond donors (Lipinski definition) is 1. The molecule has 0 saturated carbocycles. The minimum absolute atomic E-state index is 0.0222. The summed E-state index contributed by atoms with van der Waals surface area (Å²) in [5, 5.41) is 3.70. The molecule has 0 fully saturated rings. The molecule has 0 radical (unpaired) electrons. The van der Waals surface area contributed by atoms with Crippen LogP contribution in [0.1, 0.15) is 41.6 Å². The van der Waals surface area contributed by atoms with Crippen molar-refractivity contribution in [3.05, 3.63) is 76.0 Å².